The van der Waals surface area contributed by atoms with Crippen molar-refractivity contribution >= 4 is 21.9 Å². The third-order valence-electron chi connectivity index (χ3n) is 2.57. The second kappa shape index (κ2) is 3.73. The largest absolute Gasteiger partial charge is 0.469 e. The zero-order valence-corrected chi connectivity index (χ0v) is 9.45. The number of rotatable bonds is 2. The van der Waals surface area contributed by atoms with E-state index >= 15 is 0 Å². The van der Waals surface area contributed by atoms with E-state index in [4.69, 9.17) is 4.74 Å². The molecule has 0 aromatic heterocycles. The highest BCUT2D eigenvalue weighted by Crippen LogP contribution is 2.48. The molecule has 2 nitrogen and oxygen atoms in total. The van der Waals surface area contributed by atoms with Crippen LogP contribution in [0, 0.1) is 5.92 Å². The van der Waals surface area contributed by atoms with Gasteiger partial charge in [0.1, 0.15) is 0 Å². The molecule has 1 aliphatic carbocycles. The highest BCUT2D eigenvalue weighted by molar-refractivity contribution is 9.10. The van der Waals surface area contributed by atoms with Gasteiger partial charge >= 0.3 is 5.97 Å². The Hall–Kier alpha value is -0.830. The van der Waals surface area contributed by atoms with Gasteiger partial charge in [0.05, 0.1) is 13.0 Å². The molecule has 0 aliphatic heterocycles. The molecule has 74 valence electrons. The van der Waals surface area contributed by atoms with Crippen LogP contribution in [0.25, 0.3) is 0 Å². The molecule has 14 heavy (non-hydrogen) atoms. The molecule has 0 N–H and O–H groups in total. The van der Waals surface area contributed by atoms with E-state index in [1.165, 1.54) is 12.7 Å². The fraction of sp³-hybridized carbons (Fsp3) is 0.364. The van der Waals surface area contributed by atoms with Gasteiger partial charge in [0.25, 0.3) is 0 Å². The van der Waals surface area contributed by atoms with Gasteiger partial charge in [-0.3, -0.25) is 4.79 Å². The van der Waals surface area contributed by atoms with Crippen LogP contribution in [0.3, 0.4) is 0 Å². The summed E-state index contributed by atoms with van der Waals surface area (Å²) in [4.78, 5) is 11.2. The first-order valence-electron chi connectivity index (χ1n) is 4.55. The molecular weight excluding hydrogens is 244 g/mol. The predicted molar refractivity (Wildman–Crippen MR) is 57.0 cm³/mol. The Balaban J connectivity index is 2.09. The normalized spacial score (nSPS) is 24.4. The average Bonchev–Trinajstić information content (AvgIpc) is 2.96. The second-order valence-corrected chi connectivity index (χ2v) is 4.44. The highest BCUT2D eigenvalue weighted by Gasteiger charge is 2.44. The molecule has 1 aliphatic rings. The van der Waals surface area contributed by atoms with Crippen molar-refractivity contribution in [2.45, 2.75) is 12.3 Å². The van der Waals surface area contributed by atoms with Crippen LogP contribution in [0.4, 0.5) is 0 Å². The topological polar surface area (TPSA) is 26.3 Å². The van der Waals surface area contributed by atoms with Crippen LogP contribution in [0.15, 0.2) is 28.7 Å². The molecule has 0 amide bonds. The van der Waals surface area contributed by atoms with Crippen molar-refractivity contribution in [1.29, 1.82) is 0 Å². The molecule has 1 aromatic rings. The van der Waals surface area contributed by atoms with Crippen LogP contribution in [0.2, 0.25) is 0 Å². The van der Waals surface area contributed by atoms with Gasteiger partial charge in [-0.25, -0.2) is 0 Å². The van der Waals surface area contributed by atoms with Gasteiger partial charge in [-0.2, -0.15) is 0 Å². The van der Waals surface area contributed by atoms with Gasteiger partial charge in [-0.05, 0) is 30.0 Å². The van der Waals surface area contributed by atoms with Gasteiger partial charge in [0.2, 0.25) is 0 Å². The maximum absolute atomic E-state index is 11.2. The Labute approximate surface area is 91.4 Å². The second-order valence-electron chi connectivity index (χ2n) is 3.53. The lowest BCUT2D eigenvalue weighted by Crippen LogP contribution is -2.03. The monoisotopic (exact) mass is 254 g/mol. The maximum atomic E-state index is 11.2. The summed E-state index contributed by atoms with van der Waals surface area (Å²) in [5.41, 5.74) is 1.22. The first-order chi connectivity index (χ1) is 6.72. The standard InChI is InChI=1S/C11H11BrO2/c1-14-11(13)10-6-9(10)7-3-2-4-8(12)5-7/h2-5,9-10H,6H2,1H3/t9-,10+/m1/s1. The molecule has 1 aromatic carbocycles. The van der Waals surface area contributed by atoms with Gasteiger partial charge in [0, 0.05) is 4.47 Å². The van der Waals surface area contributed by atoms with E-state index in [-0.39, 0.29) is 11.9 Å². The molecule has 0 bridgehead atoms. The molecule has 1 fully saturated rings. The predicted octanol–water partition coefficient (Wildman–Crippen LogP) is 2.73. The zero-order valence-electron chi connectivity index (χ0n) is 7.87. The minimum absolute atomic E-state index is 0.0781. The average molecular weight is 255 g/mol. The van der Waals surface area contributed by atoms with E-state index in [0.29, 0.717) is 5.92 Å². The third kappa shape index (κ3) is 1.82. The summed E-state index contributed by atoms with van der Waals surface area (Å²) in [5.74, 6) is 0.351. The molecule has 3 heteroatoms. The molecular formula is C11H11BrO2. The van der Waals surface area contributed by atoms with Gasteiger partial charge in [-0.1, -0.05) is 28.1 Å². The first-order valence-corrected chi connectivity index (χ1v) is 5.35. The fourth-order valence-electron chi connectivity index (χ4n) is 1.71. The van der Waals surface area contributed by atoms with Crippen LogP contribution in [-0.4, -0.2) is 13.1 Å². The van der Waals surface area contributed by atoms with Crippen LogP contribution >= 0.6 is 15.9 Å². The van der Waals surface area contributed by atoms with Gasteiger partial charge in [0.15, 0.2) is 0 Å². The van der Waals surface area contributed by atoms with Crippen molar-refractivity contribution in [3.63, 3.8) is 0 Å². The van der Waals surface area contributed by atoms with Crippen LogP contribution in [-0.2, 0) is 9.53 Å². The lowest BCUT2D eigenvalue weighted by molar-refractivity contribution is -0.142. The lowest BCUT2D eigenvalue weighted by atomic mass is 10.1. The molecule has 0 radical (unpaired) electrons. The van der Waals surface area contributed by atoms with Crippen molar-refractivity contribution in [3.05, 3.63) is 34.3 Å². The third-order valence-corrected chi connectivity index (χ3v) is 3.06. The number of carbonyl (C=O) groups excluding carboxylic acids is 1. The highest BCUT2D eigenvalue weighted by atomic mass is 79.9. The van der Waals surface area contributed by atoms with Crippen LogP contribution in [0.5, 0.6) is 0 Å². The van der Waals surface area contributed by atoms with Crippen molar-refractivity contribution in [1.82, 2.24) is 0 Å². The van der Waals surface area contributed by atoms with Crippen molar-refractivity contribution in [2.75, 3.05) is 7.11 Å². The summed E-state index contributed by atoms with van der Waals surface area (Å²) in [6.07, 6.45) is 0.920. The Kier molecular flexibility index (Phi) is 2.59. The molecule has 0 saturated heterocycles. The fourth-order valence-corrected chi connectivity index (χ4v) is 2.13. The number of benzene rings is 1. The number of esters is 1. The summed E-state index contributed by atoms with van der Waals surface area (Å²) in [7, 11) is 1.44. The summed E-state index contributed by atoms with van der Waals surface area (Å²) in [5, 5.41) is 0. The van der Waals surface area contributed by atoms with E-state index < -0.39 is 0 Å². The Morgan fingerprint density at radius 3 is 3.00 bits per heavy atom. The van der Waals surface area contributed by atoms with Crippen molar-refractivity contribution in [2.24, 2.45) is 5.92 Å². The Morgan fingerprint density at radius 1 is 1.57 bits per heavy atom. The molecule has 0 heterocycles. The van der Waals surface area contributed by atoms with Gasteiger partial charge in [-0.15, -0.1) is 0 Å². The lowest BCUT2D eigenvalue weighted by Gasteiger charge is -2.00. The minimum Gasteiger partial charge on any atom is -0.469 e. The van der Waals surface area contributed by atoms with E-state index in [1.807, 2.05) is 12.1 Å². The number of carbonyl (C=O) groups is 1. The van der Waals surface area contributed by atoms with Crippen molar-refractivity contribution < 1.29 is 9.53 Å². The van der Waals surface area contributed by atoms with E-state index in [9.17, 15) is 4.79 Å². The van der Waals surface area contributed by atoms with Crippen molar-refractivity contribution in [3.8, 4) is 0 Å². The number of halogens is 1. The van der Waals surface area contributed by atoms with E-state index in [0.717, 1.165) is 10.9 Å². The molecule has 2 atom stereocenters. The maximum Gasteiger partial charge on any atom is 0.309 e. The SMILES string of the molecule is COC(=O)[C@H]1C[C@@H]1c1cccc(Br)c1. The van der Waals surface area contributed by atoms with E-state index in [2.05, 4.69) is 28.1 Å². The number of ether oxygens (including phenoxy) is 1. The minimum atomic E-state index is -0.0880. The summed E-state index contributed by atoms with van der Waals surface area (Å²) < 4.78 is 5.77. The zero-order chi connectivity index (χ0) is 10.1. The molecule has 0 spiro atoms. The molecule has 1 saturated carbocycles. The number of hydrogen-bond donors (Lipinski definition) is 0. The summed E-state index contributed by atoms with van der Waals surface area (Å²) >= 11 is 3.42. The van der Waals surface area contributed by atoms with Crippen LogP contribution < -0.4 is 0 Å². The number of methoxy groups -OCH3 is 1. The molecule has 0 unspecified atom stereocenters. The Morgan fingerprint density at radius 2 is 2.36 bits per heavy atom. The quantitative estimate of drug-likeness (QED) is 0.759. The smallest absolute Gasteiger partial charge is 0.309 e. The van der Waals surface area contributed by atoms with E-state index in [1.54, 1.807) is 0 Å². The summed E-state index contributed by atoms with van der Waals surface area (Å²) in [6, 6.07) is 8.09. The summed E-state index contributed by atoms with van der Waals surface area (Å²) in [6.45, 7) is 0. The number of hydrogen-bond acceptors (Lipinski definition) is 2. The van der Waals surface area contributed by atoms with Gasteiger partial charge < -0.3 is 4.74 Å². The Bertz CT molecular complexity index is 362. The first kappa shape index (κ1) is 9.71. The molecule has 2 rings (SSSR count). The van der Waals surface area contributed by atoms with Crippen LogP contribution in [0.1, 0.15) is 17.9 Å².